The fourth-order valence-corrected chi connectivity index (χ4v) is 3.43. The van der Waals surface area contributed by atoms with E-state index in [0.717, 1.165) is 10.9 Å². The number of carbonyl (C=O) groups excluding carboxylic acids is 2. The molecule has 5 nitrogen and oxygen atoms in total. The Kier molecular flexibility index (Phi) is 4.13. The summed E-state index contributed by atoms with van der Waals surface area (Å²) in [5.74, 6) is -0.00636. The van der Waals surface area contributed by atoms with E-state index in [-0.39, 0.29) is 23.7 Å². The molecule has 0 unspecified atom stereocenters. The van der Waals surface area contributed by atoms with Crippen molar-refractivity contribution in [1.82, 2.24) is 4.98 Å². The zero-order valence-corrected chi connectivity index (χ0v) is 14.2. The number of para-hydroxylation sites is 2. The number of fused-ring (bicyclic) bond motifs is 2. The van der Waals surface area contributed by atoms with Crippen LogP contribution in [0.3, 0.4) is 0 Å². The highest BCUT2D eigenvalue weighted by Gasteiger charge is 2.26. The summed E-state index contributed by atoms with van der Waals surface area (Å²) in [6.07, 6.45) is 0.925. The van der Waals surface area contributed by atoms with Crippen LogP contribution in [0.5, 0.6) is 0 Å². The van der Waals surface area contributed by atoms with Gasteiger partial charge in [0.15, 0.2) is 5.78 Å². The smallest absolute Gasteiger partial charge is 0.251 e. The Balaban J connectivity index is 1.55. The third-order valence-electron chi connectivity index (χ3n) is 4.80. The normalized spacial score (nSPS) is 13.7. The summed E-state index contributed by atoms with van der Waals surface area (Å²) in [7, 11) is 0. The number of aromatic nitrogens is 1. The molecule has 0 radical (unpaired) electrons. The van der Waals surface area contributed by atoms with Crippen molar-refractivity contribution < 1.29 is 9.59 Å². The van der Waals surface area contributed by atoms with E-state index in [1.807, 2.05) is 36.4 Å². The lowest BCUT2D eigenvalue weighted by molar-refractivity contribution is -0.118. The molecule has 1 N–H and O–H groups in total. The van der Waals surface area contributed by atoms with Crippen molar-refractivity contribution >= 4 is 28.3 Å². The van der Waals surface area contributed by atoms with E-state index >= 15 is 0 Å². The Morgan fingerprint density at radius 2 is 1.81 bits per heavy atom. The Hall–Kier alpha value is -3.21. The quantitative estimate of drug-likeness (QED) is 0.792. The lowest BCUT2D eigenvalue weighted by Crippen LogP contribution is -2.37. The van der Waals surface area contributed by atoms with Crippen molar-refractivity contribution in [2.24, 2.45) is 0 Å². The number of nitrogens with zero attached hydrogens (tertiary/aromatic N) is 1. The second kappa shape index (κ2) is 6.59. The molecule has 1 aliphatic heterocycles. The minimum Gasteiger partial charge on any atom is -0.322 e. The number of hydrogen-bond acceptors (Lipinski definition) is 3. The number of hydrogen-bond donors (Lipinski definition) is 1. The first-order valence-electron chi connectivity index (χ1n) is 8.67. The minimum atomic E-state index is -0.161. The summed E-state index contributed by atoms with van der Waals surface area (Å²) in [4.78, 5) is 41.5. The summed E-state index contributed by atoms with van der Waals surface area (Å²) in [6, 6.07) is 16.6. The van der Waals surface area contributed by atoms with Crippen molar-refractivity contribution in [2.75, 3.05) is 11.4 Å². The maximum atomic E-state index is 12.7. The number of pyridine rings is 1. The van der Waals surface area contributed by atoms with Gasteiger partial charge in [0.2, 0.25) is 5.91 Å². The van der Waals surface area contributed by atoms with E-state index in [1.165, 1.54) is 0 Å². The summed E-state index contributed by atoms with van der Waals surface area (Å²) in [6.45, 7) is 0.392. The van der Waals surface area contributed by atoms with E-state index in [1.54, 1.807) is 23.1 Å². The van der Waals surface area contributed by atoms with Crippen LogP contribution in [0.1, 0.15) is 28.8 Å². The third-order valence-corrected chi connectivity index (χ3v) is 4.80. The molecule has 0 saturated carbocycles. The van der Waals surface area contributed by atoms with Crippen LogP contribution < -0.4 is 10.5 Å². The molecule has 1 aromatic heterocycles. The van der Waals surface area contributed by atoms with Gasteiger partial charge >= 0.3 is 0 Å². The molecule has 130 valence electrons. The van der Waals surface area contributed by atoms with Gasteiger partial charge in [-0.3, -0.25) is 14.4 Å². The number of carbonyl (C=O) groups is 2. The second-order valence-electron chi connectivity index (χ2n) is 6.45. The van der Waals surface area contributed by atoms with Crippen LogP contribution in [0, 0.1) is 0 Å². The number of benzene rings is 2. The minimum absolute atomic E-state index is 0.0654. The van der Waals surface area contributed by atoms with Gasteiger partial charge in [-0.25, -0.2) is 0 Å². The Morgan fingerprint density at radius 3 is 2.69 bits per heavy atom. The van der Waals surface area contributed by atoms with Crippen molar-refractivity contribution in [3.63, 3.8) is 0 Å². The molecule has 1 amide bonds. The molecule has 2 heterocycles. The van der Waals surface area contributed by atoms with Gasteiger partial charge in [0.05, 0.1) is 5.69 Å². The highest BCUT2D eigenvalue weighted by molar-refractivity contribution is 6.08. The summed E-state index contributed by atoms with van der Waals surface area (Å²) in [5, 5.41) is 0.948. The predicted molar refractivity (Wildman–Crippen MR) is 101 cm³/mol. The summed E-state index contributed by atoms with van der Waals surface area (Å²) in [5.41, 5.74) is 2.48. The number of aryl methyl sites for hydroxylation is 1. The molecule has 26 heavy (non-hydrogen) atoms. The third kappa shape index (κ3) is 2.92. The predicted octanol–water partition coefficient (Wildman–Crippen LogP) is 3.08. The van der Waals surface area contributed by atoms with Crippen LogP contribution in [0.15, 0.2) is 59.4 Å². The largest absolute Gasteiger partial charge is 0.322 e. The van der Waals surface area contributed by atoms with E-state index in [2.05, 4.69) is 4.98 Å². The number of rotatable bonds is 3. The Labute approximate surface area is 150 Å². The van der Waals surface area contributed by atoms with E-state index in [9.17, 15) is 14.4 Å². The number of ketones is 1. The average Bonchev–Trinajstić information content (AvgIpc) is 2.66. The standard InChI is InChI=1S/C21H18N2O3/c24-19-11-12-23(18-8-4-2-6-16(18)19)20(25)10-9-15-13-14-5-1-3-7-17(14)22-21(15)26/h1-8,13H,9-12H2,(H,22,26). The van der Waals surface area contributed by atoms with E-state index < -0.39 is 0 Å². The van der Waals surface area contributed by atoms with Crippen molar-refractivity contribution in [3.8, 4) is 0 Å². The molecule has 0 aliphatic carbocycles. The number of aromatic amines is 1. The van der Waals surface area contributed by atoms with E-state index in [0.29, 0.717) is 36.2 Å². The molecule has 0 bridgehead atoms. The number of amides is 1. The zero-order valence-electron chi connectivity index (χ0n) is 14.2. The topological polar surface area (TPSA) is 70.2 Å². The van der Waals surface area contributed by atoms with Crippen LogP contribution >= 0.6 is 0 Å². The molecular formula is C21H18N2O3. The van der Waals surface area contributed by atoms with Gasteiger partial charge in [-0.15, -0.1) is 0 Å². The van der Waals surface area contributed by atoms with Gasteiger partial charge < -0.3 is 9.88 Å². The first-order valence-corrected chi connectivity index (χ1v) is 8.67. The fraction of sp³-hybridized carbons (Fsp3) is 0.190. The molecule has 3 aromatic rings. The molecule has 0 saturated heterocycles. The number of Topliss-reactive ketones (excluding diaryl/α,β-unsaturated/α-hetero) is 1. The monoisotopic (exact) mass is 346 g/mol. The van der Waals surface area contributed by atoms with Crippen molar-refractivity contribution in [2.45, 2.75) is 19.3 Å². The zero-order chi connectivity index (χ0) is 18.1. The van der Waals surface area contributed by atoms with Crippen molar-refractivity contribution in [3.05, 3.63) is 76.1 Å². The van der Waals surface area contributed by atoms with Crippen molar-refractivity contribution in [1.29, 1.82) is 0 Å². The summed E-state index contributed by atoms with van der Waals surface area (Å²) >= 11 is 0. The Bertz CT molecular complexity index is 1070. The van der Waals surface area contributed by atoms with Gasteiger partial charge in [-0.1, -0.05) is 30.3 Å². The molecule has 0 fully saturated rings. The van der Waals surface area contributed by atoms with Gasteiger partial charge in [0.1, 0.15) is 0 Å². The summed E-state index contributed by atoms with van der Waals surface area (Å²) < 4.78 is 0. The molecule has 0 spiro atoms. The molecule has 1 aliphatic rings. The molecule has 2 aromatic carbocycles. The Morgan fingerprint density at radius 1 is 1.04 bits per heavy atom. The van der Waals surface area contributed by atoms with Gasteiger partial charge in [0.25, 0.3) is 5.56 Å². The lowest BCUT2D eigenvalue weighted by Gasteiger charge is -2.28. The molecule has 4 rings (SSSR count). The first-order chi connectivity index (χ1) is 12.6. The van der Waals surface area contributed by atoms with Crippen LogP contribution in [-0.2, 0) is 11.2 Å². The highest BCUT2D eigenvalue weighted by Crippen LogP contribution is 2.27. The van der Waals surface area contributed by atoms with Crippen LogP contribution in [-0.4, -0.2) is 23.2 Å². The van der Waals surface area contributed by atoms with E-state index in [4.69, 9.17) is 0 Å². The van der Waals surface area contributed by atoms with Crippen LogP contribution in [0.25, 0.3) is 10.9 Å². The highest BCUT2D eigenvalue weighted by atomic mass is 16.2. The molecule has 5 heteroatoms. The first kappa shape index (κ1) is 16.3. The van der Waals surface area contributed by atoms with Crippen LogP contribution in [0.2, 0.25) is 0 Å². The number of nitrogens with one attached hydrogen (secondary N) is 1. The fourth-order valence-electron chi connectivity index (χ4n) is 3.43. The molecular weight excluding hydrogens is 328 g/mol. The number of anilines is 1. The van der Waals surface area contributed by atoms with Gasteiger partial charge in [-0.05, 0) is 36.1 Å². The maximum Gasteiger partial charge on any atom is 0.251 e. The maximum absolute atomic E-state index is 12.7. The van der Waals surface area contributed by atoms with Gasteiger partial charge in [0, 0.05) is 36.0 Å². The number of H-pyrrole nitrogens is 1. The lowest BCUT2D eigenvalue weighted by atomic mass is 9.99. The van der Waals surface area contributed by atoms with Gasteiger partial charge in [-0.2, -0.15) is 0 Å². The average molecular weight is 346 g/mol. The van der Waals surface area contributed by atoms with Crippen LogP contribution in [0.4, 0.5) is 5.69 Å². The SMILES string of the molecule is O=C1CCN(C(=O)CCc2cc3ccccc3[nH]c2=O)c2ccccc21. The second-order valence-corrected chi connectivity index (χ2v) is 6.45. The molecule has 0 atom stereocenters.